The van der Waals surface area contributed by atoms with Crippen LogP contribution in [-0.2, 0) is 4.74 Å². The molecular weight excluding hydrogens is 316 g/mol. The predicted octanol–water partition coefficient (Wildman–Crippen LogP) is 3.44. The van der Waals surface area contributed by atoms with Gasteiger partial charge in [0.15, 0.2) is 0 Å². The molecule has 0 fully saturated rings. The summed E-state index contributed by atoms with van der Waals surface area (Å²) in [7, 11) is 1.58. The van der Waals surface area contributed by atoms with Crippen LogP contribution in [0.25, 0.3) is 0 Å². The summed E-state index contributed by atoms with van der Waals surface area (Å²) in [5, 5.41) is 5.58. The summed E-state index contributed by atoms with van der Waals surface area (Å²) in [5.74, 6) is 0.0205. The van der Waals surface area contributed by atoms with E-state index >= 15 is 0 Å². The van der Waals surface area contributed by atoms with Gasteiger partial charge in [0.2, 0.25) is 0 Å². The van der Waals surface area contributed by atoms with E-state index in [0.29, 0.717) is 35.9 Å². The monoisotopic (exact) mass is 340 g/mol. The summed E-state index contributed by atoms with van der Waals surface area (Å²) in [4.78, 5) is 24.4. The number of carbonyl (C=O) groups excluding carboxylic acids is 2. The molecule has 2 aromatic rings. The van der Waals surface area contributed by atoms with Crippen molar-refractivity contribution in [1.29, 1.82) is 0 Å². The molecule has 0 saturated carbocycles. The number of anilines is 1. The van der Waals surface area contributed by atoms with Gasteiger partial charge in [0.25, 0.3) is 11.8 Å². The van der Waals surface area contributed by atoms with E-state index < -0.39 is 0 Å². The fourth-order valence-electron chi connectivity index (χ4n) is 2.33. The summed E-state index contributed by atoms with van der Waals surface area (Å²) < 4.78 is 4.90. The Kier molecular flexibility index (Phi) is 6.71. The van der Waals surface area contributed by atoms with E-state index in [1.165, 1.54) is 5.56 Å². The van der Waals surface area contributed by atoms with Crippen LogP contribution in [-0.4, -0.2) is 32.1 Å². The van der Waals surface area contributed by atoms with E-state index in [-0.39, 0.29) is 11.8 Å². The summed E-state index contributed by atoms with van der Waals surface area (Å²) in [6.45, 7) is 5.11. The minimum absolute atomic E-state index is 0.200. The fraction of sp³-hybridized carbons (Fsp3) is 0.300. The van der Waals surface area contributed by atoms with E-state index in [1.54, 1.807) is 31.4 Å². The number of amides is 2. The number of benzene rings is 2. The van der Waals surface area contributed by atoms with Crippen molar-refractivity contribution in [2.75, 3.05) is 25.6 Å². The first-order valence-corrected chi connectivity index (χ1v) is 8.29. The lowest BCUT2D eigenvalue weighted by molar-refractivity contribution is 0.0936. The van der Waals surface area contributed by atoms with Gasteiger partial charge < -0.3 is 15.4 Å². The number of methoxy groups -OCH3 is 1. The highest BCUT2D eigenvalue weighted by Gasteiger charge is 2.09. The zero-order valence-electron chi connectivity index (χ0n) is 14.8. The van der Waals surface area contributed by atoms with Crippen molar-refractivity contribution in [3.8, 4) is 0 Å². The lowest BCUT2D eigenvalue weighted by Gasteiger charge is -2.09. The van der Waals surface area contributed by atoms with Crippen LogP contribution >= 0.6 is 0 Å². The lowest BCUT2D eigenvalue weighted by Crippen LogP contribution is -2.27. The molecule has 0 saturated heterocycles. The topological polar surface area (TPSA) is 67.4 Å². The average Bonchev–Trinajstić information content (AvgIpc) is 2.62. The lowest BCUT2D eigenvalue weighted by atomic mass is 10.0. The first-order valence-electron chi connectivity index (χ1n) is 8.29. The third kappa shape index (κ3) is 5.43. The Morgan fingerprint density at radius 2 is 1.72 bits per heavy atom. The summed E-state index contributed by atoms with van der Waals surface area (Å²) in [5.41, 5.74) is 2.84. The number of rotatable bonds is 7. The Bertz CT molecular complexity index is 724. The molecule has 0 spiro atoms. The zero-order chi connectivity index (χ0) is 18.2. The van der Waals surface area contributed by atoms with Crippen molar-refractivity contribution in [3.63, 3.8) is 0 Å². The normalized spacial score (nSPS) is 10.6. The highest BCUT2D eigenvalue weighted by atomic mass is 16.5. The molecule has 0 radical (unpaired) electrons. The molecule has 5 nitrogen and oxygen atoms in total. The van der Waals surface area contributed by atoms with Crippen LogP contribution in [0.2, 0.25) is 0 Å². The van der Waals surface area contributed by atoms with Crippen LogP contribution in [0.1, 0.15) is 46.0 Å². The van der Waals surface area contributed by atoms with Gasteiger partial charge in [0.05, 0.1) is 6.61 Å². The number of hydrogen-bond acceptors (Lipinski definition) is 3. The largest absolute Gasteiger partial charge is 0.383 e. The maximum absolute atomic E-state index is 12.4. The molecule has 2 rings (SSSR count). The maximum Gasteiger partial charge on any atom is 0.255 e. The van der Waals surface area contributed by atoms with E-state index in [9.17, 15) is 9.59 Å². The van der Waals surface area contributed by atoms with Crippen LogP contribution in [0.3, 0.4) is 0 Å². The van der Waals surface area contributed by atoms with Crippen molar-refractivity contribution < 1.29 is 14.3 Å². The molecule has 132 valence electrons. The molecule has 0 aliphatic heterocycles. The first kappa shape index (κ1) is 18.7. The summed E-state index contributed by atoms with van der Waals surface area (Å²) >= 11 is 0. The second kappa shape index (κ2) is 8.99. The Hall–Kier alpha value is -2.66. The van der Waals surface area contributed by atoms with E-state index in [0.717, 1.165) is 0 Å². The molecule has 2 amide bonds. The molecule has 2 aromatic carbocycles. The molecule has 0 bridgehead atoms. The van der Waals surface area contributed by atoms with Crippen LogP contribution in [0.4, 0.5) is 5.69 Å². The van der Waals surface area contributed by atoms with Gasteiger partial charge in [-0.2, -0.15) is 0 Å². The molecular formula is C20H24N2O3. The van der Waals surface area contributed by atoms with Crippen LogP contribution in [0.5, 0.6) is 0 Å². The first-order chi connectivity index (χ1) is 12.0. The number of ether oxygens (including phenoxy) is 1. The van der Waals surface area contributed by atoms with Gasteiger partial charge in [-0.1, -0.05) is 32.0 Å². The highest BCUT2D eigenvalue weighted by Crippen LogP contribution is 2.16. The minimum atomic E-state index is -0.202. The SMILES string of the molecule is COCCNC(=O)c1cccc(NC(=O)c2ccc(C(C)C)cc2)c1. The van der Waals surface area contributed by atoms with E-state index in [1.807, 2.05) is 24.3 Å². The number of nitrogens with one attached hydrogen (secondary N) is 2. The molecule has 0 heterocycles. The highest BCUT2D eigenvalue weighted by molar-refractivity contribution is 6.05. The molecule has 0 aliphatic carbocycles. The van der Waals surface area contributed by atoms with Gasteiger partial charge in [0, 0.05) is 30.5 Å². The Morgan fingerprint density at radius 3 is 2.36 bits per heavy atom. The Labute approximate surface area is 148 Å². The van der Waals surface area contributed by atoms with Gasteiger partial charge in [-0.15, -0.1) is 0 Å². The second-order valence-electron chi connectivity index (χ2n) is 6.06. The van der Waals surface area contributed by atoms with Gasteiger partial charge in [-0.25, -0.2) is 0 Å². The molecule has 0 atom stereocenters. The molecule has 2 N–H and O–H groups in total. The van der Waals surface area contributed by atoms with Crippen LogP contribution in [0, 0.1) is 0 Å². The van der Waals surface area contributed by atoms with Gasteiger partial charge in [0.1, 0.15) is 0 Å². The van der Waals surface area contributed by atoms with Crippen LogP contribution < -0.4 is 10.6 Å². The van der Waals surface area contributed by atoms with Gasteiger partial charge in [-0.05, 0) is 41.8 Å². The molecule has 5 heteroatoms. The zero-order valence-corrected chi connectivity index (χ0v) is 14.8. The molecule has 0 aromatic heterocycles. The Balaban J connectivity index is 2.03. The minimum Gasteiger partial charge on any atom is -0.383 e. The summed E-state index contributed by atoms with van der Waals surface area (Å²) in [6.07, 6.45) is 0. The summed E-state index contributed by atoms with van der Waals surface area (Å²) in [6, 6.07) is 14.4. The Morgan fingerprint density at radius 1 is 1.00 bits per heavy atom. The van der Waals surface area contributed by atoms with Crippen LogP contribution in [0.15, 0.2) is 48.5 Å². The van der Waals surface area contributed by atoms with Gasteiger partial charge in [-0.3, -0.25) is 9.59 Å². The maximum atomic E-state index is 12.4. The van der Waals surface area contributed by atoms with Crippen molar-refractivity contribution in [2.45, 2.75) is 19.8 Å². The third-order valence-corrected chi connectivity index (χ3v) is 3.81. The predicted molar refractivity (Wildman–Crippen MR) is 99.1 cm³/mol. The fourth-order valence-corrected chi connectivity index (χ4v) is 2.33. The quantitative estimate of drug-likeness (QED) is 0.759. The van der Waals surface area contributed by atoms with E-state index in [4.69, 9.17) is 4.74 Å². The van der Waals surface area contributed by atoms with Crippen molar-refractivity contribution in [1.82, 2.24) is 5.32 Å². The van der Waals surface area contributed by atoms with Crippen molar-refractivity contribution in [2.24, 2.45) is 0 Å². The van der Waals surface area contributed by atoms with Crippen molar-refractivity contribution >= 4 is 17.5 Å². The third-order valence-electron chi connectivity index (χ3n) is 3.81. The standard InChI is InChI=1S/C20H24N2O3/c1-14(2)15-7-9-16(10-8-15)20(24)22-18-6-4-5-17(13-18)19(23)21-11-12-25-3/h4-10,13-14H,11-12H2,1-3H3,(H,21,23)(H,22,24). The number of carbonyl (C=O) groups is 2. The molecule has 0 aliphatic rings. The number of hydrogen-bond donors (Lipinski definition) is 2. The van der Waals surface area contributed by atoms with E-state index in [2.05, 4.69) is 24.5 Å². The molecule has 25 heavy (non-hydrogen) atoms. The average molecular weight is 340 g/mol. The van der Waals surface area contributed by atoms with Crippen molar-refractivity contribution in [3.05, 3.63) is 65.2 Å². The van der Waals surface area contributed by atoms with Gasteiger partial charge >= 0.3 is 0 Å². The second-order valence-corrected chi connectivity index (χ2v) is 6.06. The molecule has 0 unspecified atom stereocenters. The smallest absolute Gasteiger partial charge is 0.255 e.